The van der Waals surface area contributed by atoms with Crippen LogP contribution in [0.2, 0.25) is 0 Å². The molecule has 0 unspecified atom stereocenters. The molecule has 0 radical (unpaired) electrons. The zero-order valence-electron chi connectivity index (χ0n) is 26.1. The maximum Gasteiger partial charge on any atom is 0.280 e. The van der Waals surface area contributed by atoms with E-state index in [0.29, 0.717) is 22.5 Å². The molecule has 2 N–H and O–H groups in total. The van der Waals surface area contributed by atoms with E-state index in [1.165, 1.54) is 21.9 Å². The number of aromatic amines is 1. The minimum atomic E-state index is -0.363. The number of carbonyl (C=O) groups excluding carboxylic acids is 1. The van der Waals surface area contributed by atoms with Gasteiger partial charge >= 0.3 is 0 Å². The van der Waals surface area contributed by atoms with Crippen LogP contribution in [0.1, 0.15) is 21.5 Å². The summed E-state index contributed by atoms with van der Waals surface area (Å²) in [7, 11) is 0. The van der Waals surface area contributed by atoms with Gasteiger partial charge in [0.1, 0.15) is 0 Å². The lowest BCUT2D eigenvalue weighted by Gasteiger charge is -2.16. The number of fused-ring (bicyclic) bond motifs is 1. The number of benzene rings is 6. The molecule has 0 fully saturated rings. The molecular formula is C42H30B2N2O2. The molecular weight excluding hydrogens is 586 g/mol. The molecule has 226 valence electrons. The molecule has 0 aliphatic carbocycles. The maximum atomic E-state index is 13.4. The van der Waals surface area contributed by atoms with E-state index >= 15 is 0 Å². The van der Waals surface area contributed by atoms with Gasteiger partial charge in [0.25, 0.3) is 5.91 Å². The minimum absolute atomic E-state index is 0.0581. The van der Waals surface area contributed by atoms with Crippen molar-refractivity contribution in [2.45, 2.75) is 0 Å². The van der Waals surface area contributed by atoms with E-state index < -0.39 is 0 Å². The van der Waals surface area contributed by atoms with Gasteiger partial charge < -0.3 is 10.1 Å². The number of hydrogen-bond donors (Lipinski definition) is 2. The number of hydrogen-bond acceptors (Lipinski definition) is 2. The summed E-state index contributed by atoms with van der Waals surface area (Å²) >= 11 is 0. The Bertz CT molecular complexity index is 2150. The molecule has 0 bridgehead atoms. The molecule has 0 saturated carbocycles. The highest BCUT2D eigenvalue weighted by atomic mass is 16.3. The quantitative estimate of drug-likeness (QED) is 0.249. The Morgan fingerprint density at radius 2 is 0.792 bits per heavy atom. The smallest absolute Gasteiger partial charge is 0.280 e. The largest absolute Gasteiger partial charge is 0.494 e. The lowest BCUT2D eigenvalue weighted by Crippen LogP contribution is -2.51. The van der Waals surface area contributed by atoms with Crippen LogP contribution in [0, 0.1) is 0 Å². The highest BCUT2D eigenvalue weighted by Crippen LogP contribution is 2.37. The first-order valence-corrected chi connectivity index (χ1v) is 16.1. The van der Waals surface area contributed by atoms with E-state index in [1.807, 2.05) is 48.5 Å². The average Bonchev–Trinajstić information content (AvgIpc) is 3.68. The normalized spacial score (nSPS) is 12.0. The van der Waals surface area contributed by atoms with Crippen LogP contribution in [0.5, 0.6) is 5.88 Å². The molecule has 1 aliphatic rings. The molecule has 0 spiro atoms. The van der Waals surface area contributed by atoms with Gasteiger partial charge in [-0.3, -0.25) is 4.79 Å². The summed E-state index contributed by atoms with van der Waals surface area (Å²) in [6.45, 7) is 0.120. The average molecular weight is 616 g/mol. The first-order valence-electron chi connectivity index (χ1n) is 16.1. The fourth-order valence-corrected chi connectivity index (χ4v) is 6.98. The van der Waals surface area contributed by atoms with Crippen molar-refractivity contribution in [2.24, 2.45) is 4.99 Å². The molecule has 4 nitrogen and oxygen atoms in total. The second kappa shape index (κ2) is 12.6. The predicted molar refractivity (Wildman–Crippen MR) is 199 cm³/mol. The number of nitrogens with zero attached hydrogens (tertiary/aromatic N) is 1. The number of carbonyl (C=O) groups is 1. The van der Waals surface area contributed by atoms with Crippen LogP contribution in [-0.2, 0) is 0 Å². The molecule has 6 aromatic carbocycles. The number of rotatable bonds is 8. The molecule has 0 atom stereocenters. The molecule has 0 saturated heterocycles. The van der Waals surface area contributed by atoms with E-state index in [9.17, 15) is 9.90 Å². The molecule has 1 aliphatic heterocycles. The zero-order valence-corrected chi connectivity index (χ0v) is 26.1. The first-order chi connectivity index (χ1) is 23.7. The second-order valence-corrected chi connectivity index (χ2v) is 12.1. The van der Waals surface area contributed by atoms with E-state index in [0.717, 1.165) is 22.1 Å². The number of amides is 1. The van der Waals surface area contributed by atoms with Crippen molar-refractivity contribution < 1.29 is 9.90 Å². The third-order valence-electron chi connectivity index (χ3n) is 9.23. The number of nitrogens with one attached hydrogen (secondary N) is 1. The third-order valence-corrected chi connectivity index (χ3v) is 9.23. The van der Waals surface area contributed by atoms with Crippen molar-refractivity contribution in [2.75, 3.05) is 0 Å². The maximum absolute atomic E-state index is 13.4. The van der Waals surface area contributed by atoms with E-state index in [2.05, 4.69) is 131 Å². The predicted octanol–water partition coefficient (Wildman–Crippen LogP) is 4.41. The number of aromatic nitrogens is 1. The Labute approximate surface area is 280 Å². The van der Waals surface area contributed by atoms with Gasteiger partial charge in [0.15, 0.2) is 5.88 Å². The summed E-state index contributed by atoms with van der Waals surface area (Å²) in [6, 6.07) is 58.1. The summed E-state index contributed by atoms with van der Waals surface area (Å²) < 4.78 is 0. The Balaban J connectivity index is 1.11. The van der Waals surface area contributed by atoms with Crippen molar-refractivity contribution in [1.82, 2.24) is 4.98 Å². The Kier molecular flexibility index (Phi) is 7.67. The van der Waals surface area contributed by atoms with Crippen molar-refractivity contribution in [1.29, 1.82) is 0 Å². The van der Waals surface area contributed by atoms with Crippen LogP contribution in [0.4, 0.5) is 0 Å². The van der Waals surface area contributed by atoms with Gasteiger partial charge in [0.05, 0.1) is 22.5 Å². The van der Waals surface area contributed by atoms with Crippen molar-refractivity contribution in [3.8, 4) is 17.1 Å². The number of H-pyrrole nitrogens is 1. The summed E-state index contributed by atoms with van der Waals surface area (Å²) in [6.07, 6.45) is 0. The minimum Gasteiger partial charge on any atom is -0.494 e. The van der Waals surface area contributed by atoms with Crippen molar-refractivity contribution >= 4 is 57.8 Å². The molecule has 48 heavy (non-hydrogen) atoms. The summed E-state index contributed by atoms with van der Waals surface area (Å²) in [5.41, 5.74) is 10.5. The molecule has 1 aromatic heterocycles. The van der Waals surface area contributed by atoms with Gasteiger partial charge in [-0.05, 0) is 5.56 Å². The molecule has 7 aromatic rings. The lowest BCUT2D eigenvalue weighted by atomic mass is 9.37. The van der Waals surface area contributed by atoms with Gasteiger partial charge in [-0.25, -0.2) is 4.99 Å². The SMILES string of the molecule is O=C1N=C(c2ccc(B(c3ccccc3)c3ccccc3)cc2)c2c(O)[nH]c(-c3ccc(B(c4ccccc4)c4ccccc4)cc3)c21. The fourth-order valence-electron chi connectivity index (χ4n) is 6.98. The van der Waals surface area contributed by atoms with Crippen molar-refractivity contribution in [3.63, 3.8) is 0 Å². The number of aromatic hydroxyl groups is 1. The van der Waals surface area contributed by atoms with Crippen LogP contribution in [0.3, 0.4) is 0 Å². The van der Waals surface area contributed by atoms with E-state index in [1.54, 1.807) is 0 Å². The van der Waals surface area contributed by atoms with Crippen LogP contribution < -0.4 is 32.8 Å². The summed E-state index contributed by atoms with van der Waals surface area (Å²) in [5.74, 6) is -0.423. The van der Waals surface area contributed by atoms with E-state index in [4.69, 9.17) is 0 Å². The van der Waals surface area contributed by atoms with Gasteiger partial charge in [0.2, 0.25) is 13.4 Å². The molecule has 2 heterocycles. The monoisotopic (exact) mass is 616 g/mol. The highest BCUT2D eigenvalue weighted by molar-refractivity contribution is 6.96. The topological polar surface area (TPSA) is 65.4 Å². The van der Waals surface area contributed by atoms with Crippen LogP contribution >= 0.6 is 0 Å². The zero-order chi connectivity index (χ0) is 32.5. The van der Waals surface area contributed by atoms with Crippen LogP contribution in [0.15, 0.2) is 175 Å². The van der Waals surface area contributed by atoms with Gasteiger partial charge in [-0.15, -0.1) is 0 Å². The van der Waals surface area contributed by atoms with Crippen LogP contribution in [-0.4, -0.2) is 35.1 Å². The Hall–Kier alpha value is -6.13. The highest BCUT2D eigenvalue weighted by Gasteiger charge is 2.34. The van der Waals surface area contributed by atoms with Crippen LogP contribution in [0.25, 0.3) is 11.3 Å². The summed E-state index contributed by atoms with van der Waals surface area (Å²) in [5, 5.41) is 11.2. The third kappa shape index (κ3) is 5.37. The molecule has 8 rings (SSSR count). The van der Waals surface area contributed by atoms with Gasteiger partial charge in [-0.2, -0.15) is 0 Å². The standard InChI is InChI=1S/C42H30B2N2O2/c47-41-37-38(40(46-41)30-23-27-36(28-24-30)44(33-17-9-3-10-18-33)34-19-11-4-12-20-34)42(48)45-39(37)29-21-25-35(26-22-29)43(31-13-5-1-6-14-31)32-15-7-2-8-16-32/h1-28,45,48H. The Morgan fingerprint density at radius 1 is 0.438 bits per heavy atom. The first kappa shape index (κ1) is 29.3. The molecule has 6 heteroatoms. The second-order valence-electron chi connectivity index (χ2n) is 12.1. The van der Waals surface area contributed by atoms with E-state index in [-0.39, 0.29) is 25.2 Å². The van der Waals surface area contributed by atoms with Gasteiger partial charge in [0, 0.05) is 5.56 Å². The lowest BCUT2D eigenvalue weighted by molar-refractivity contribution is 0.101. The summed E-state index contributed by atoms with van der Waals surface area (Å²) in [4.78, 5) is 21.0. The fraction of sp³-hybridized carbons (Fsp3) is 0. The number of aliphatic imine (C=N–C) groups is 1. The van der Waals surface area contributed by atoms with Crippen molar-refractivity contribution in [3.05, 3.63) is 187 Å². The Morgan fingerprint density at radius 3 is 1.19 bits per heavy atom. The van der Waals surface area contributed by atoms with Gasteiger partial charge in [-0.1, -0.05) is 203 Å². The molecule has 1 amide bonds.